The standard InChI is InChI=1S/C10H9N3/c11-9-7-12-6-4-8(9)10-3-1-2-5-13-10/h1-7H,11H2. The molecule has 64 valence electrons. The number of hydrogen-bond acceptors (Lipinski definition) is 3. The number of hydrogen-bond donors (Lipinski definition) is 1. The van der Waals surface area contributed by atoms with Crippen molar-refractivity contribution in [3.8, 4) is 11.3 Å². The summed E-state index contributed by atoms with van der Waals surface area (Å²) in [6, 6.07) is 7.59. The number of anilines is 1. The van der Waals surface area contributed by atoms with Crippen LogP contribution in [0.3, 0.4) is 0 Å². The zero-order valence-corrected chi connectivity index (χ0v) is 7.01. The maximum absolute atomic E-state index is 5.75. The molecule has 0 aliphatic rings. The Hall–Kier alpha value is -1.90. The first-order chi connectivity index (χ1) is 6.38. The Morgan fingerprint density at radius 1 is 1.08 bits per heavy atom. The Balaban J connectivity index is 2.54. The Morgan fingerprint density at radius 2 is 2.00 bits per heavy atom. The first kappa shape index (κ1) is 7.73. The summed E-state index contributed by atoms with van der Waals surface area (Å²) in [6.45, 7) is 0. The molecule has 13 heavy (non-hydrogen) atoms. The lowest BCUT2D eigenvalue weighted by Gasteiger charge is -2.02. The zero-order chi connectivity index (χ0) is 9.10. The molecule has 0 radical (unpaired) electrons. The molecule has 0 saturated heterocycles. The highest BCUT2D eigenvalue weighted by molar-refractivity contribution is 5.72. The lowest BCUT2D eigenvalue weighted by atomic mass is 10.1. The number of pyridine rings is 2. The molecule has 0 aliphatic carbocycles. The first-order valence-corrected chi connectivity index (χ1v) is 3.99. The van der Waals surface area contributed by atoms with Crippen molar-refractivity contribution in [2.45, 2.75) is 0 Å². The number of aromatic nitrogens is 2. The summed E-state index contributed by atoms with van der Waals surface area (Å²) in [5, 5.41) is 0. The fourth-order valence-corrected chi connectivity index (χ4v) is 1.16. The number of nitrogen functional groups attached to an aromatic ring is 1. The Bertz CT molecular complexity index is 398. The zero-order valence-electron chi connectivity index (χ0n) is 7.01. The van der Waals surface area contributed by atoms with E-state index < -0.39 is 0 Å². The van der Waals surface area contributed by atoms with Crippen molar-refractivity contribution in [3.63, 3.8) is 0 Å². The van der Waals surface area contributed by atoms with Crippen LogP contribution < -0.4 is 5.73 Å². The molecule has 0 bridgehead atoms. The van der Waals surface area contributed by atoms with Gasteiger partial charge in [0.05, 0.1) is 17.6 Å². The largest absolute Gasteiger partial charge is 0.397 e. The lowest BCUT2D eigenvalue weighted by molar-refractivity contribution is 1.29. The summed E-state index contributed by atoms with van der Waals surface area (Å²) in [5.74, 6) is 0. The van der Waals surface area contributed by atoms with Gasteiger partial charge in [0.2, 0.25) is 0 Å². The van der Waals surface area contributed by atoms with Crippen LogP contribution in [0.25, 0.3) is 11.3 Å². The van der Waals surface area contributed by atoms with Crippen LogP contribution in [0.5, 0.6) is 0 Å². The second-order valence-electron chi connectivity index (χ2n) is 2.68. The van der Waals surface area contributed by atoms with Crippen molar-refractivity contribution in [2.75, 3.05) is 5.73 Å². The fraction of sp³-hybridized carbons (Fsp3) is 0. The van der Waals surface area contributed by atoms with E-state index in [2.05, 4.69) is 9.97 Å². The first-order valence-electron chi connectivity index (χ1n) is 3.99. The van der Waals surface area contributed by atoms with Crippen molar-refractivity contribution >= 4 is 5.69 Å². The Kier molecular flexibility index (Phi) is 1.92. The Labute approximate surface area is 76.3 Å². The quantitative estimate of drug-likeness (QED) is 0.710. The topological polar surface area (TPSA) is 51.8 Å². The SMILES string of the molecule is Nc1cnccc1-c1ccccn1. The normalized spacial score (nSPS) is 9.85. The second-order valence-corrected chi connectivity index (χ2v) is 2.68. The van der Waals surface area contributed by atoms with Gasteiger partial charge in [-0.15, -0.1) is 0 Å². The maximum Gasteiger partial charge on any atom is 0.0723 e. The van der Waals surface area contributed by atoms with Gasteiger partial charge in [0.15, 0.2) is 0 Å². The molecule has 3 nitrogen and oxygen atoms in total. The molecule has 0 atom stereocenters. The van der Waals surface area contributed by atoms with E-state index in [-0.39, 0.29) is 0 Å². The third kappa shape index (κ3) is 1.49. The number of nitrogens with zero attached hydrogens (tertiary/aromatic N) is 2. The molecule has 0 unspecified atom stereocenters. The maximum atomic E-state index is 5.75. The predicted octanol–water partition coefficient (Wildman–Crippen LogP) is 1.73. The van der Waals surface area contributed by atoms with Crippen molar-refractivity contribution in [1.29, 1.82) is 0 Å². The van der Waals surface area contributed by atoms with Gasteiger partial charge in [0.1, 0.15) is 0 Å². The van der Waals surface area contributed by atoms with Gasteiger partial charge in [0.25, 0.3) is 0 Å². The fourth-order valence-electron chi connectivity index (χ4n) is 1.16. The predicted molar refractivity (Wildman–Crippen MR) is 51.9 cm³/mol. The van der Waals surface area contributed by atoms with Crippen molar-refractivity contribution in [1.82, 2.24) is 9.97 Å². The van der Waals surface area contributed by atoms with E-state index in [0.29, 0.717) is 5.69 Å². The van der Waals surface area contributed by atoms with Crippen LogP contribution in [0.1, 0.15) is 0 Å². The molecule has 2 rings (SSSR count). The van der Waals surface area contributed by atoms with Gasteiger partial charge in [-0.1, -0.05) is 6.07 Å². The number of rotatable bonds is 1. The van der Waals surface area contributed by atoms with Gasteiger partial charge < -0.3 is 5.73 Å². The minimum atomic E-state index is 0.654. The van der Waals surface area contributed by atoms with E-state index in [1.54, 1.807) is 18.6 Å². The average molecular weight is 171 g/mol. The molecule has 3 heteroatoms. The van der Waals surface area contributed by atoms with Gasteiger partial charge in [-0.05, 0) is 18.2 Å². The van der Waals surface area contributed by atoms with E-state index >= 15 is 0 Å². The molecule has 2 heterocycles. The van der Waals surface area contributed by atoms with E-state index in [1.165, 1.54) is 0 Å². The van der Waals surface area contributed by atoms with E-state index in [4.69, 9.17) is 5.73 Å². The highest BCUT2D eigenvalue weighted by atomic mass is 14.7. The minimum absolute atomic E-state index is 0.654. The summed E-state index contributed by atoms with van der Waals surface area (Å²) in [4.78, 5) is 8.12. The van der Waals surface area contributed by atoms with E-state index in [0.717, 1.165) is 11.3 Å². The summed E-state index contributed by atoms with van der Waals surface area (Å²) in [7, 11) is 0. The second kappa shape index (κ2) is 3.23. The van der Waals surface area contributed by atoms with Gasteiger partial charge in [-0.2, -0.15) is 0 Å². The molecular formula is C10H9N3. The van der Waals surface area contributed by atoms with Crippen LogP contribution in [0.15, 0.2) is 42.9 Å². The minimum Gasteiger partial charge on any atom is -0.397 e. The monoisotopic (exact) mass is 171 g/mol. The van der Waals surface area contributed by atoms with Crippen molar-refractivity contribution in [3.05, 3.63) is 42.9 Å². The molecule has 0 aromatic carbocycles. The summed E-state index contributed by atoms with van der Waals surface area (Å²) < 4.78 is 0. The summed E-state index contributed by atoms with van der Waals surface area (Å²) in [5.41, 5.74) is 8.21. The van der Waals surface area contributed by atoms with Crippen LogP contribution in [-0.2, 0) is 0 Å². The summed E-state index contributed by atoms with van der Waals surface area (Å²) in [6.07, 6.45) is 5.08. The van der Waals surface area contributed by atoms with Gasteiger partial charge in [-0.3, -0.25) is 9.97 Å². The van der Waals surface area contributed by atoms with Crippen molar-refractivity contribution < 1.29 is 0 Å². The van der Waals surface area contributed by atoms with Crippen LogP contribution in [0.4, 0.5) is 5.69 Å². The molecule has 2 N–H and O–H groups in total. The Morgan fingerprint density at radius 3 is 2.69 bits per heavy atom. The highest BCUT2D eigenvalue weighted by Crippen LogP contribution is 2.21. The molecule has 2 aromatic rings. The smallest absolute Gasteiger partial charge is 0.0723 e. The molecule has 0 spiro atoms. The van der Waals surface area contributed by atoms with E-state index in [1.807, 2.05) is 24.3 Å². The molecular weight excluding hydrogens is 162 g/mol. The molecule has 0 amide bonds. The number of nitrogens with two attached hydrogens (primary N) is 1. The van der Waals surface area contributed by atoms with Gasteiger partial charge >= 0.3 is 0 Å². The van der Waals surface area contributed by atoms with Gasteiger partial charge in [0, 0.05) is 18.0 Å². The molecule has 0 saturated carbocycles. The van der Waals surface area contributed by atoms with Crippen LogP contribution >= 0.6 is 0 Å². The van der Waals surface area contributed by atoms with Crippen LogP contribution in [0, 0.1) is 0 Å². The molecule has 0 aliphatic heterocycles. The third-order valence-electron chi connectivity index (χ3n) is 1.79. The summed E-state index contributed by atoms with van der Waals surface area (Å²) >= 11 is 0. The average Bonchev–Trinajstić information content (AvgIpc) is 2.20. The van der Waals surface area contributed by atoms with Crippen molar-refractivity contribution in [2.24, 2.45) is 0 Å². The van der Waals surface area contributed by atoms with Gasteiger partial charge in [-0.25, -0.2) is 0 Å². The molecule has 2 aromatic heterocycles. The van der Waals surface area contributed by atoms with Crippen LogP contribution in [-0.4, -0.2) is 9.97 Å². The highest BCUT2D eigenvalue weighted by Gasteiger charge is 2.00. The van der Waals surface area contributed by atoms with Crippen LogP contribution in [0.2, 0.25) is 0 Å². The third-order valence-corrected chi connectivity index (χ3v) is 1.79. The van der Waals surface area contributed by atoms with E-state index in [9.17, 15) is 0 Å². The molecule has 0 fully saturated rings. The lowest BCUT2D eigenvalue weighted by Crippen LogP contribution is -1.91.